The van der Waals surface area contributed by atoms with Crippen molar-refractivity contribution in [2.45, 2.75) is 6.54 Å². The average Bonchev–Trinajstić information content (AvgIpc) is 2.48. The van der Waals surface area contributed by atoms with Gasteiger partial charge in [-0.2, -0.15) is 0 Å². The number of pyridine rings is 1. The molecule has 0 aliphatic rings. The minimum Gasteiger partial charge on any atom is -0.379 e. The zero-order valence-corrected chi connectivity index (χ0v) is 11.4. The van der Waals surface area contributed by atoms with Crippen LogP contribution in [0.1, 0.15) is 5.56 Å². The minimum atomic E-state index is -0.309. The average molecular weight is 287 g/mol. The fraction of sp³-hybridized carbons (Fsp3) is 0.0625. The van der Waals surface area contributed by atoms with Gasteiger partial charge < -0.3 is 5.32 Å². The smallest absolute Gasteiger partial charge is 0.146 e. The third-order valence-corrected chi connectivity index (χ3v) is 3.40. The van der Waals surface area contributed by atoms with Crippen LogP contribution >= 0.6 is 11.6 Å². The molecule has 0 amide bonds. The van der Waals surface area contributed by atoms with Gasteiger partial charge in [0.1, 0.15) is 5.82 Å². The third-order valence-electron chi connectivity index (χ3n) is 3.17. The predicted molar refractivity (Wildman–Crippen MR) is 80.5 cm³/mol. The van der Waals surface area contributed by atoms with Crippen LogP contribution in [-0.4, -0.2) is 4.98 Å². The first kappa shape index (κ1) is 12.9. The van der Waals surface area contributed by atoms with Gasteiger partial charge in [-0.1, -0.05) is 29.8 Å². The molecule has 20 heavy (non-hydrogen) atoms. The van der Waals surface area contributed by atoms with Gasteiger partial charge in [0.2, 0.25) is 0 Å². The van der Waals surface area contributed by atoms with Crippen molar-refractivity contribution < 1.29 is 4.39 Å². The molecule has 3 rings (SSSR count). The summed E-state index contributed by atoms with van der Waals surface area (Å²) in [4.78, 5) is 4.10. The quantitative estimate of drug-likeness (QED) is 0.759. The van der Waals surface area contributed by atoms with Gasteiger partial charge in [-0.15, -0.1) is 0 Å². The Morgan fingerprint density at radius 1 is 1.15 bits per heavy atom. The second kappa shape index (κ2) is 5.47. The minimum absolute atomic E-state index is 0.309. The SMILES string of the molecule is Fc1ccc(Cl)cc1NCc1cccc2cnccc12. The molecule has 0 saturated heterocycles. The van der Waals surface area contributed by atoms with E-state index in [4.69, 9.17) is 11.6 Å². The third kappa shape index (κ3) is 2.58. The molecule has 0 saturated carbocycles. The van der Waals surface area contributed by atoms with Gasteiger partial charge >= 0.3 is 0 Å². The fourth-order valence-corrected chi connectivity index (χ4v) is 2.34. The second-order valence-corrected chi connectivity index (χ2v) is 4.93. The van der Waals surface area contributed by atoms with Crippen LogP contribution in [0, 0.1) is 5.82 Å². The highest BCUT2D eigenvalue weighted by Gasteiger charge is 2.04. The van der Waals surface area contributed by atoms with Crippen molar-refractivity contribution in [3.8, 4) is 0 Å². The van der Waals surface area contributed by atoms with Gasteiger partial charge in [-0.05, 0) is 35.2 Å². The summed E-state index contributed by atoms with van der Waals surface area (Å²) in [5.41, 5.74) is 1.49. The van der Waals surface area contributed by atoms with E-state index in [0.717, 1.165) is 16.3 Å². The number of nitrogens with zero attached hydrogens (tertiary/aromatic N) is 1. The van der Waals surface area contributed by atoms with Gasteiger partial charge in [0.05, 0.1) is 5.69 Å². The number of nitrogens with one attached hydrogen (secondary N) is 1. The number of hydrogen-bond acceptors (Lipinski definition) is 2. The Labute approximate surface area is 121 Å². The molecule has 1 heterocycles. The normalized spacial score (nSPS) is 10.7. The van der Waals surface area contributed by atoms with Crippen molar-refractivity contribution >= 4 is 28.1 Å². The summed E-state index contributed by atoms with van der Waals surface area (Å²) in [6, 6.07) is 12.4. The lowest BCUT2D eigenvalue weighted by molar-refractivity contribution is 0.630. The van der Waals surface area contributed by atoms with Gasteiger partial charge in [-0.25, -0.2) is 4.39 Å². The molecular weight excluding hydrogens is 275 g/mol. The fourth-order valence-electron chi connectivity index (χ4n) is 2.17. The molecule has 0 radical (unpaired) electrons. The van der Waals surface area contributed by atoms with Crippen LogP contribution in [0.2, 0.25) is 5.02 Å². The molecule has 0 aliphatic carbocycles. The zero-order chi connectivity index (χ0) is 13.9. The Balaban J connectivity index is 1.89. The Bertz CT molecular complexity index is 753. The summed E-state index contributed by atoms with van der Waals surface area (Å²) in [6.07, 6.45) is 3.57. The molecule has 0 fully saturated rings. The van der Waals surface area contributed by atoms with Crippen molar-refractivity contribution in [3.63, 3.8) is 0 Å². The highest BCUT2D eigenvalue weighted by atomic mass is 35.5. The van der Waals surface area contributed by atoms with E-state index in [1.807, 2.05) is 30.5 Å². The summed E-state index contributed by atoms with van der Waals surface area (Å²) in [5.74, 6) is -0.309. The lowest BCUT2D eigenvalue weighted by Gasteiger charge is -2.10. The van der Waals surface area contributed by atoms with Crippen LogP contribution < -0.4 is 5.32 Å². The Morgan fingerprint density at radius 2 is 2.05 bits per heavy atom. The lowest BCUT2D eigenvalue weighted by Crippen LogP contribution is -2.02. The first-order valence-electron chi connectivity index (χ1n) is 6.24. The van der Waals surface area contributed by atoms with E-state index in [9.17, 15) is 4.39 Å². The molecule has 0 spiro atoms. The molecule has 2 nitrogen and oxygen atoms in total. The molecule has 0 atom stereocenters. The van der Waals surface area contributed by atoms with E-state index in [-0.39, 0.29) is 5.82 Å². The van der Waals surface area contributed by atoms with Crippen LogP contribution in [-0.2, 0) is 6.54 Å². The van der Waals surface area contributed by atoms with E-state index in [1.165, 1.54) is 12.1 Å². The van der Waals surface area contributed by atoms with Crippen LogP contribution in [0.25, 0.3) is 10.8 Å². The van der Waals surface area contributed by atoms with E-state index in [0.29, 0.717) is 17.3 Å². The largest absolute Gasteiger partial charge is 0.379 e. The lowest BCUT2D eigenvalue weighted by atomic mass is 10.1. The highest BCUT2D eigenvalue weighted by molar-refractivity contribution is 6.30. The summed E-state index contributed by atoms with van der Waals surface area (Å²) in [6.45, 7) is 0.526. The number of aromatic nitrogens is 1. The van der Waals surface area contributed by atoms with Crippen molar-refractivity contribution in [1.82, 2.24) is 4.98 Å². The van der Waals surface area contributed by atoms with Crippen LogP contribution in [0.4, 0.5) is 10.1 Å². The highest BCUT2D eigenvalue weighted by Crippen LogP contribution is 2.22. The molecule has 1 aromatic heterocycles. The first-order chi connectivity index (χ1) is 9.74. The van der Waals surface area contributed by atoms with Crippen LogP contribution in [0.3, 0.4) is 0 Å². The van der Waals surface area contributed by atoms with Crippen molar-refractivity contribution in [2.75, 3.05) is 5.32 Å². The first-order valence-corrected chi connectivity index (χ1v) is 6.62. The molecular formula is C16H12ClFN2. The monoisotopic (exact) mass is 286 g/mol. The molecule has 0 aliphatic heterocycles. The van der Waals surface area contributed by atoms with Gasteiger partial charge in [0, 0.05) is 29.3 Å². The zero-order valence-electron chi connectivity index (χ0n) is 10.6. The number of rotatable bonds is 3. The number of fused-ring (bicyclic) bond motifs is 1. The Kier molecular flexibility index (Phi) is 3.52. The van der Waals surface area contributed by atoms with Crippen LogP contribution in [0.15, 0.2) is 54.9 Å². The number of halogens is 2. The molecule has 1 N–H and O–H groups in total. The van der Waals surface area contributed by atoms with Crippen molar-refractivity contribution in [3.05, 3.63) is 71.3 Å². The maximum Gasteiger partial charge on any atom is 0.146 e. The maximum atomic E-state index is 13.7. The second-order valence-electron chi connectivity index (χ2n) is 4.49. The molecule has 0 unspecified atom stereocenters. The van der Waals surface area contributed by atoms with Crippen LogP contribution in [0.5, 0.6) is 0 Å². The molecule has 100 valence electrons. The van der Waals surface area contributed by atoms with E-state index in [2.05, 4.69) is 10.3 Å². The Morgan fingerprint density at radius 3 is 2.95 bits per heavy atom. The molecule has 4 heteroatoms. The van der Waals surface area contributed by atoms with Crippen molar-refractivity contribution in [2.24, 2.45) is 0 Å². The summed E-state index contributed by atoms with van der Waals surface area (Å²) in [5, 5.41) is 5.77. The molecule has 0 bridgehead atoms. The van der Waals surface area contributed by atoms with Gasteiger partial charge in [0.25, 0.3) is 0 Å². The summed E-state index contributed by atoms with van der Waals surface area (Å²) >= 11 is 5.88. The number of hydrogen-bond donors (Lipinski definition) is 1. The van der Waals surface area contributed by atoms with E-state index >= 15 is 0 Å². The number of anilines is 1. The summed E-state index contributed by atoms with van der Waals surface area (Å²) < 4.78 is 13.7. The van der Waals surface area contributed by atoms with Gasteiger partial charge in [0.15, 0.2) is 0 Å². The maximum absolute atomic E-state index is 13.7. The van der Waals surface area contributed by atoms with E-state index < -0.39 is 0 Å². The summed E-state index contributed by atoms with van der Waals surface area (Å²) in [7, 11) is 0. The predicted octanol–water partition coefficient (Wildman–Crippen LogP) is 4.64. The Hall–Kier alpha value is -2.13. The molecule has 3 aromatic rings. The molecule has 2 aromatic carbocycles. The van der Waals surface area contributed by atoms with Gasteiger partial charge in [-0.3, -0.25) is 4.98 Å². The topological polar surface area (TPSA) is 24.9 Å². The van der Waals surface area contributed by atoms with E-state index in [1.54, 1.807) is 12.3 Å². The number of benzene rings is 2. The van der Waals surface area contributed by atoms with Crippen molar-refractivity contribution in [1.29, 1.82) is 0 Å². The standard InChI is InChI=1S/C16H12ClFN2/c17-13-4-5-15(18)16(8-13)20-10-12-3-1-2-11-9-19-7-6-14(11)12/h1-9,20H,10H2.